The number of hydrogen-bond donors (Lipinski definition) is 1. The maximum absolute atomic E-state index is 11.9. The van der Waals surface area contributed by atoms with Gasteiger partial charge in [0, 0.05) is 6.54 Å². The number of aryl methyl sites for hydroxylation is 1. The number of hydrogen-bond acceptors (Lipinski definition) is 3. The van der Waals surface area contributed by atoms with Gasteiger partial charge in [-0.25, -0.2) is 0 Å². The van der Waals surface area contributed by atoms with E-state index in [1.54, 1.807) is 10.9 Å². The van der Waals surface area contributed by atoms with E-state index in [0.29, 0.717) is 12.1 Å². The summed E-state index contributed by atoms with van der Waals surface area (Å²) in [5, 5.41) is 4.14. The number of aromatic nitrogens is 2. The molecule has 1 unspecified atom stereocenters. The molecule has 0 aliphatic rings. The molecule has 0 bridgehead atoms. The average molecular weight is 274 g/mol. The fourth-order valence-corrected chi connectivity index (χ4v) is 1.84. The van der Waals surface area contributed by atoms with E-state index in [4.69, 9.17) is 5.73 Å². The van der Waals surface area contributed by atoms with E-state index in [-0.39, 0.29) is 5.78 Å². The Bertz CT molecular complexity index is 348. The maximum atomic E-state index is 11.9. The molecule has 1 aromatic rings. The van der Waals surface area contributed by atoms with Crippen LogP contribution in [0.4, 0.5) is 0 Å². The Balaban J connectivity index is 3.00. The summed E-state index contributed by atoms with van der Waals surface area (Å²) in [4.78, 5) is 11.9. The molecular weight excluding hydrogens is 258 g/mol. The Hall–Kier alpha value is -0.680. The minimum absolute atomic E-state index is 0.0460. The molecule has 0 amide bonds. The lowest BCUT2D eigenvalue weighted by Crippen LogP contribution is -2.31. The molecule has 0 fully saturated rings. The van der Waals surface area contributed by atoms with Crippen LogP contribution >= 0.6 is 15.9 Å². The van der Waals surface area contributed by atoms with Crippen molar-refractivity contribution in [3.8, 4) is 0 Å². The molecule has 0 radical (unpaired) electrons. The van der Waals surface area contributed by atoms with Crippen molar-refractivity contribution in [3.05, 3.63) is 16.4 Å². The predicted octanol–water partition coefficient (Wildman–Crippen LogP) is 1.98. The minimum Gasteiger partial charge on any atom is -0.321 e. The van der Waals surface area contributed by atoms with Crippen molar-refractivity contribution in [3.63, 3.8) is 0 Å². The summed E-state index contributed by atoms with van der Waals surface area (Å²) in [6, 6.07) is -0.436. The number of halogens is 1. The summed E-state index contributed by atoms with van der Waals surface area (Å²) < 4.78 is 2.44. The number of nitrogens with zero attached hydrogens (tertiary/aromatic N) is 2. The molecule has 4 nitrogen and oxygen atoms in total. The molecular formula is C10H16BrN3O. The number of carbonyl (C=O) groups excluding carboxylic acids is 1. The van der Waals surface area contributed by atoms with Crippen LogP contribution in [-0.2, 0) is 6.54 Å². The summed E-state index contributed by atoms with van der Waals surface area (Å²) in [5.41, 5.74) is 6.32. The van der Waals surface area contributed by atoms with Gasteiger partial charge in [0.05, 0.1) is 16.7 Å². The third-order valence-electron chi connectivity index (χ3n) is 2.24. The van der Waals surface area contributed by atoms with Gasteiger partial charge in [-0.1, -0.05) is 13.8 Å². The second kappa shape index (κ2) is 5.42. The zero-order chi connectivity index (χ0) is 11.4. The second-order valence-corrected chi connectivity index (χ2v) is 4.30. The van der Waals surface area contributed by atoms with Crippen molar-refractivity contribution < 1.29 is 4.79 Å². The van der Waals surface area contributed by atoms with Crippen LogP contribution < -0.4 is 5.73 Å². The highest BCUT2D eigenvalue weighted by Gasteiger charge is 2.21. The normalized spacial score (nSPS) is 12.8. The van der Waals surface area contributed by atoms with Crippen LogP contribution in [0, 0.1) is 0 Å². The third-order valence-corrected chi connectivity index (χ3v) is 2.82. The van der Waals surface area contributed by atoms with E-state index in [0.717, 1.165) is 17.4 Å². The summed E-state index contributed by atoms with van der Waals surface area (Å²) in [7, 11) is 0. The fraction of sp³-hybridized carbons (Fsp3) is 0.600. The molecule has 0 spiro atoms. The van der Waals surface area contributed by atoms with Crippen LogP contribution in [0.1, 0.15) is 37.2 Å². The largest absolute Gasteiger partial charge is 0.321 e. The lowest BCUT2D eigenvalue weighted by atomic mass is 10.1. The number of Topliss-reactive ketones (excluding diaryl/α,β-unsaturated/α-hetero) is 1. The van der Waals surface area contributed by atoms with E-state index in [9.17, 15) is 4.79 Å². The van der Waals surface area contributed by atoms with Gasteiger partial charge in [-0.05, 0) is 28.8 Å². The first kappa shape index (κ1) is 12.4. The van der Waals surface area contributed by atoms with Gasteiger partial charge in [0.25, 0.3) is 0 Å². The second-order valence-electron chi connectivity index (χ2n) is 3.44. The van der Waals surface area contributed by atoms with E-state index in [1.807, 2.05) is 13.8 Å². The molecule has 1 heterocycles. The Labute approximate surface area is 98.0 Å². The van der Waals surface area contributed by atoms with Crippen LogP contribution in [0.5, 0.6) is 0 Å². The van der Waals surface area contributed by atoms with Gasteiger partial charge in [0.1, 0.15) is 5.69 Å². The van der Waals surface area contributed by atoms with Crippen LogP contribution in [-0.4, -0.2) is 21.6 Å². The minimum atomic E-state index is -0.436. The van der Waals surface area contributed by atoms with Crippen LogP contribution in [0.2, 0.25) is 0 Å². The van der Waals surface area contributed by atoms with Gasteiger partial charge < -0.3 is 5.73 Å². The van der Waals surface area contributed by atoms with Crippen LogP contribution in [0.15, 0.2) is 10.7 Å². The van der Waals surface area contributed by atoms with Gasteiger partial charge in [0.15, 0.2) is 5.78 Å². The molecule has 1 aromatic heterocycles. The Morgan fingerprint density at radius 3 is 2.87 bits per heavy atom. The molecule has 5 heteroatoms. The average Bonchev–Trinajstić information content (AvgIpc) is 2.58. The van der Waals surface area contributed by atoms with Crippen molar-refractivity contribution in [1.29, 1.82) is 0 Å². The van der Waals surface area contributed by atoms with Crippen LogP contribution in [0.25, 0.3) is 0 Å². The van der Waals surface area contributed by atoms with Crippen molar-refractivity contribution in [2.24, 2.45) is 5.73 Å². The molecule has 0 aromatic carbocycles. The SMILES string of the molecule is CCCn1ncc(Br)c1C(=O)C(N)CC. The monoisotopic (exact) mass is 273 g/mol. The number of carbonyl (C=O) groups is 1. The lowest BCUT2D eigenvalue weighted by Gasteiger charge is -2.10. The Kier molecular flexibility index (Phi) is 4.47. The van der Waals surface area contributed by atoms with Crippen molar-refractivity contribution in [2.45, 2.75) is 39.3 Å². The quantitative estimate of drug-likeness (QED) is 0.835. The highest BCUT2D eigenvalue weighted by molar-refractivity contribution is 9.10. The molecule has 1 atom stereocenters. The van der Waals surface area contributed by atoms with Crippen molar-refractivity contribution >= 4 is 21.7 Å². The van der Waals surface area contributed by atoms with E-state index >= 15 is 0 Å². The van der Waals surface area contributed by atoms with E-state index in [1.165, 1.54) is 0 Å². The maximum Gasteiger partial charge on any atom is 0.198 e. The first-order chi connectivity index (χ1) is 7.11. The van der Waals surface area contributed by atoms with Gasteiger partial charge in [-0.2, -0.15) is 5.10 Å². The van der Waals surface area contributed by atoms with Gasteiger partial charge in [-0.15, -0.1) is 0 Å². The molecule has 0 saturated carbocycles. The van der Waals surface area contributed by atoms with Gasteiger partial charge in [0.2, 0.25) is 0 Å². The van der Waals surface area contributed by atoms with Gasteiger partial charge >= 0.3 is 0 Å². The molecule has 1 rings (SSSR count). The number of nitrogens with two attached hydrogens (primary N) is 1. The van der Waals surface area contributed by atoms with Crippen molar-refractivity contribution in [1.82, 2.24) is 9.78 Å². The highest BCUT2D eigenvalue weighted by Crippen LogP contribution is 2.18. The molecule has 2 N–H and O–H groups in total. The van der Waals surface area contributed by atoms with E-state index < -0.39 is 6.04 Å². The van der Waals surface area contributed by atoms with Gasteiger partial charge in [-0.3, -0.25) is 9.48 Å². The summed E-state index contributed by atoms with van der Waals surface area (Å²) in [6.45, 7) is 4.68. The standard InChI is InChI=1S/C10H16BrN3O/c1-3-5-14-9(7(11)6-13-14)10(15)8(12)4-2/h6,8H,3-5,12H2,1-2H3. The number of rotatable bonds is 5. The summed E-state index contributed by atoms with van der Waals surface area (Å²) in [6.07, 6.45) is 3.23. The number of ketones is 1. The Morgan fingerprint density at radius 1 is 1.67 bits per heavy atom. The van der Waals surface area contributed by atoms with E-state index in [2.05, 4.69) is 21.0 Å². The molecule has 0 saturated heterocycles. The topological polar surface area (TPSA) is 60.9 Å². The Morgan fingerprint density at radius 2 is 2.33 bits per heavy atom. The summed E-state index contributed by atoms with van der Waals surface area (Å²) in [5.74, 6) is -0.0460. The molecule has 15 heavy (non-hydrogen) atoms. The van der Waals surface area contributed by atoms with Crippen LogP contribution in [0.3, 0.4) is 0 Å². The first-order valence-corrected chi connectivity index (χ1v) is 5.92. The zero-order valence-electron chi connectivity index (χ0n) is 9.03. The third kappa shape index (κ3) is 2.66. The first-order valence-electron chi connectivity index (χ1n) is 5.12. The predicted molar refractivity (Wildman–Crippen MR) is 62.8 cm³/mol. The molecule has 0 aliphatic heterocycles. The molecule has 0 aliphatic carbocycles. The van der Waals surface area contributed by atoms with Crippen molar-refractivity contribution in [2.75, 3.05) is 0 Å². The smallest absolute Gasteiger partial charge is 0.198 e. The highest BCUT2D eigenvalue weighted by atomic mass is 79.9. The fourth-order valence-electron chi connectivity index (χ4n) is 1.35. The molecule has 84 valence electrons. The lowest BCUT2D eigenvalue weighted by molar-refractivity contribution is 0.0947. The summed E-state index contributed by atoms with van der Waals surface area (Å²) >= 11 is 3.33. The zero-order valence-corrected chi connectivity index (χ0v) is 10.6.